The summed E-state index contributed by atoms with van der Waals surface area (Å²) in [7, 11) is 0. The molecule has 1 unspecified atom stereocenters. The highest BCUT2D eigenvalue weighted by Crippen LogP contribution is 2.52. The minimum Gasteiger partial charge on any atom is -0.371 e. The Morgan fingerprint density at radius 2 is 1.22 bits per heavy atom. The molecular formula is C44H27N3S2. The van der Waals surface area contributed by atoms with E-state index in [0.717, 1.165) is 33.9 Å². The van der Waals surface area contributed by atoms with E-state index < -0.39 is 0 Å². The van der Waals surface area contributed by atoms with Crippen molar-refractivity contribution in [2.24, 2.45) is 4.99 Å². The molecule has 1 atom stereocenters. The number of para-hydroxylation sites is 1. The Bertz CT molecular complexity index is 2950. The second-order valence-electron chi connectivity index (χ2n) is 12.7. The van der Waals surface area contributed by atoms with Gasteiger partial charge in [-0.1, -0.05) is 115 Å². The molecule has 0 fully saturated rings. The molecular weight excluding hydrogens is 635 g/mol. The molecule has 11 rings (SSSR count). The summed E-state index contributed by atoms with van der Waals surface area (Å²) in [5.41, 5.74) is 8.90. The Hall–Kier alpha value is -5.75. The van der Waals surface area contributed by atoms with E-state index in [1.807, 2.05) is 22.7 Å². The van der Waals surface area contributed by atoms with Crippen LogP contribution in [0.25, 0.3) is 79.2 Å². The molecule has 1 aliphatic carbocycles. The Morgan fingerprint density at radius 1 is 0.571 bits per heavy atom. The van der Waals surface area contributed by atoms with Crippen molar-refractivity contribution < 1.29 is 0 Å². The fourth-order valence-corrected chi connectivity index (χ4v) is 10.4. The van der Waals surface area contributed by atoms with Crippen LogP contribution in [0.3, 0.4) is 0 Å². The van der Waals surface area contributed by atoms with Crippen molar-refractivity contribution in [1.29, 1.82) is 0 Å². The summed E-state index contributed by atoms with van der Waals surface area (Å²) in [5, 5.41) is 11.8. The molecule has 3 aromatic heterocycles. The minimum absolute atomic E-state index is 0.0636. The molecule has 1 aliphatic heterocycles. The number of nitrogens with zero attached hydrogens (tertiary/aromatic N) is 2. The monoisotopic (exact) mass is 661 g/mol. The topological polar surface area (TPSA) is 29.3 Å². The highest BCUT2D eigenvalue weighted by atomic mass is 32.1. The summed E-state index contributed by atoms with van der Waals surface area (Å²) in [6, 6.07) is 46.4. The van der Waals surface area contributed by atoms with Crippen molar-refractivity contribution in [1.82, 2.24) is 9.88 Å². The maximum absolute atomic E-state index is 5.24. The van der Waals surface area contributed by atoms with E-state index in [0.29, 0.717) is 0 Å². The van der Waals surface area contributed by atoms with Gasteiger partial charge in [0.1, 0.15) is 0 Å². The van der Waals surface area contributed by atoms with E-state index in [2.05, 4.69) is 162 Å². The third-order valence-corrected chi connectivity index (χ3v) is 12.5. The third kappa shape index (κ3) is 3.91. The predicted octanol–water partition coefficient (Wildman–Crippen LogP) is 11.9. The summed E-state index contributed by atoms with van der Waals surface area (Å²) in [5.74, 6) is 0. The fraction of sp³-hybridized carbons (Fsp3) is 0.0227. The van der Waals surface area contributed by atoms with Crippen LogP contribution in [-0.2, 0) is 0 Å². The lowest BCUT2D eigenvalue weighted by atomic mass is 9.98. The van der Waals surface area contributed by atoms with Crippen LogP contribution in [0.5, 0.6) is 0 Å². The van der Waals surface area contributed by atoms with E-state index in [-0.39, 0.29) is 6.04 Å². The highest BCUT2D eigenvalue weighted by Gasteiger charge is 2.26. The second-order valence-corrected chi connectivity index (χ2v) is 14.8. The van der Waals surface area contributed by atoms with Crippen LogP contribution >= 0.6 is 22.7 Å². The van der Waals surface area contributed by atoms with Gasteiger partial charge in [-0.15, -0.1) is 22.7 Å². The standard InChI is InChI=1S/C44H27N3S2/c1-2-12-26(13-3-1)40-41(46-33-18-8-7-17-32(33)45-40)27-22-24-28(25-23-27)47-34-19-9-4-14-29(34)37-38-30-15-5-10-20-35(30)48-43(38)44-39(42(37)47)31-16-6-11-21-36(31)49-44/h1-25,32,45H. The van der Waals surface area contributed by atoms with Crippen molar-refractivity contribution in [3.8, 4) is 5.69 Å². The van der Waals surface area contributed by atoms with Crippen LogP contribution in [0.2, 0.25) is 0 Å². The Labute approximate surface area is 290 Å². The number of nitrogens with one attached hydrogen (secondary N) is 1. The zero-order valence-electron chi connectivity index (χ0n) is 26.2. The number of thiophene rings is 2. The van der Waals surface area contributed by atoms with Gasteiger partial charge in [-0.25, -0.2) is 4.99 Å². The average Bonchev–Trinajstić information content (AvgIpc) is 3.85. The molecule has 4 heterocycles. The molecule has 1 N–H and O–H groups in total. The summed E-state index contributed by atoms with van der Waals surface area (Å²) in [6.07, 6.45) is 8.44. The molecule has 5 heteroatoms. The molecule has 230 valence electrons. The second kappa shape index (κ2) is 10.4. The number of hydrogen-bond donors (Lipinski definition) is 1. The number of rotatable bonds is 3. The Morgan fingerprint density at radius 3 is 2.00 bits per heavy atom. The quantitative estimate of drug-likeness (QED) is 0.201. The molecule has 3 nitrogen and oxygen atoms in total. The minimum atomic E-state index is 0.0636. The summed E-state index contributed by atoms with van der Waals surface area (Å²) in [4.78, 5) is 5.24. The van der Waals surface area contributed by atoms with Gasteiger partial charge in [-0.05, 0) is 42.0 Å². The van der Waals surface area contributed by atoms with Crippen LogP contribution < -0.4 is 5.32 Å². The molecule has 0 saturated carbocycles. The molecule has 9 aromatic rings. The van der Waals surface area contributed by atoms with Gasteiger partial charge in [0.15, 0.2) is 0 Å². The van der Waals surface area contributed by atoms with Gasteiger partial charge in [0.2, 0.25) is 0 Å². The average molecular weight is 662 g/mol. The first-order chi connectivity index (χ1) is 24.3. The molecule has 0 saturated heterocycles. The van der Waals surface area contributed by atoms with E-state index in [1.54, 1.807) is 0 Å². The largest absolute Gasteiger partial charge is 0.371 e. The lowest BCUT2D eigenvalue weighted by molar-refractivity contribution is 0.882. The smallest absolute Gasteiger partial charge is 0.0944 e. The van der Waals surface area contributed by atoms with Gasteiger partial charge in [0, 0.05) is 53.0 Å². The van der Waals surface area contributed by atoms with Crippen molar-refractivity contribution >= 4 is 102 Å². The van der Waals surface area contributed by atoms with E-state index in [4.69, 9.17) is 4.99 Å². The van der Waals surface area contributed by atoms with Gasteiger partial charge in [0.25, 0.3) is 0 Å². The van der Waals surface area contributed by atoms with Crippen LogP contribution in [0.4, 0.5) is 0 Å². The third-order valence-electron chi connectivity index (χ3n) is 10.00. The number of aromatic nitrogens is 1. The first kappa shape index (κ1) is 27.2. The molecule has 0 radical (unpaired) electrons. The number of aliphatic imine (C=N–C) groups is 1. The van der Waals surface area contributed by atoms with E-state index >= 15 is 0 Å². The molecule has 0 bridgehead atoms. The SMILES string of the molecule is C1=CC2=NC(c3ccc(-n4c5ccccc5c5c6c7ccccc7sc6c6sc7ccccc7c6c54)cc3)=C(c3ccccc3)NC2C=C1. The van der Waals surface area contributed by atoms with Gasteiger partial charge < -0.3 is 9.88 Å². The summed E-state index contributed by atoms with van der Waals surface area (Å²) < 4.78 is 7.92. The fourth-order valence-electron chi connectivity index (χ4n) is 7.86. The zero-order chi connectivity index (χ0) is 32.1. The highest BCUT2D eigenvalue weighted by molar-refractivity contribution is 7.33. The van der Waals surface area contributed by atoms with Gasteiger partial charge in [-0.2, -0.15) is 0 Å². The van der Waals surface area contributed by atoms with Crippen molar-refractivity contribution in [2.75, 3.05) is 0 Å². The molecule has 2 aliphatic rings. The number of fused-ring (bicyclic) bond motifs is 13. The number of allylic oxidation sites excluding steroid dienone is 2. The van der Waals surface area contributed by atoms with Crippen molar-refractivity contribution in [3.05, 3.63) is 163 Å². The summed E-state index contributed by atoms with van der Waals surface area (Å²) in [6.45, 7) is 0. The molecule has 0 amide bonds. The van der Waals surface area contributed by atoms with Crippen molar-refractivity contribution in [2.45, 2.75) is 6.04 Å². The first-order valence-electron chi connectivity index (χ1n) is 16.6. The number of hydrogen-bond acceptors (Lipinski definition) is 4. The van der Waals surface area contributed by atoms with Crippen LogP contribution in [0, 0.1) is 0 Å². The van der Waals surface area contributed by atoms with Gasteiger partial charge >= 0.3 is 0 Å². The summed E-state index contributed by atoms with van der Waals surface area (Å²) >= 11 is 3.85. The van der Waals surface area contributed by atoms with E-state index in [1.165, 1.54) is 62.2 Å². The van der Waals surface area contributed by atoms with Crippen molar-refractivity contribution in [3.63, 3.8) is 0 Å². The normalized spacial score (nSPS) is 16.0. The lowest BCUT2D eigenvalue weighted by Crippen LogP contribution is -2.37. The maximum atomic E-state index is 5.24. The maximum Gasteiger partial charge on any atom is 0.0944 e. The molecule has 6 aromatic carbocycles. The molecule has 0 spiro atoms. The number of benzene rings is 6. The zero-order valence-corrected chi connectivity index (χ0v) is 27.9. The molecule has 49 heavy (non-hydrogen) atoms. The van der Waals surface area contributed by atoms with Crippen LogP contribution in [-0.4, -0.2) is 16.3 Å². The first-order valence-corrected chi connectivity index (χ1v) is 18.2. The predicted molar refractivity (Wildman–Crippen MR) is 212 cm³/mol. The van der Waals surface area contributed by atoms with Crippen LogP contribution in [0.15, 0.2) is 157 Å². The Kier molecular flexibility index (Phi) is 5.76. The van der Waals surface area contributed by atoms with Crippen LogP contribution in [0.1, 0.15) is 11.1 Å². The van der Waals surface area contributed by atoms with Gasteiger partial charge in [-0.3, -0.25) is 0 Å². The lowest BCUT2D eigenvalue weighted by Gasteiger charge is -2.28. The Balaban J connectivity index is 1.21. The van der Waals surface area contributed by atoms with E-state index in [9.17, 15) is 0 Å². The van der Waals surface area contributed by atoms with Gasteiger partial charge in [0.05, 0.1) is 43.6 Å².